The van der Waals surface area contributed by atoms with Crippen molar-refractivity contribution in [3.63, 3.8) is 0 Å². The lowest BCUT2D eigenvalue weighted by Gasteiger charge is -2.37. The fourth-order valence-corrected chi connectivity index (χ4v) is 8.71. The van der Waals surface area contributed by atoms with E-state index in [0.717, 1.165) is 22.3 Å². The van der Waals surface area contributed by atoms with Crippen LogP contribution in [0, 0.1) is 0 Å². The molecule has 74 heavy (non-hydrogen) atoms. The molecule has 0 fully saturated rings. The van der Waals surface area contributed by atoms with Crippen LogP contribution in [0.15, 0.2) is 182 Å². The fraction of sp³-hybridized carbons (Fsp3) is 0.254. The number of nitrogens with one attached hydrogen (secondary N) is 1. The van der Waals surface area contributed by atoms with Crippen LogP contribution in [0.4, 0.5) is 0 Å². The standard InChI is InChI=1S/C59H63N9O6/c1-42(46-21-9-5-10-22-46)65(38-55(60)69)57(71)40-67(44(3)48-25-13-7-14-26-48)59(73)41-68(45(4)49-27-15-8-16-28-49)58(72)39-66(43(2)47-23-11-6-12-24-47)56(70)37-61-33-34-74-50-35-53(51-29-17-19-31-62-51)64-54(36-50)52-30-18-20-32-63-52/h5-32,35-36,42-45,61H,33-34,37-41H2,1-4H3,(H2,60,69)/t42-,43-,44-,45-/m0/s1. The van der Waals surface area contributed by atoms with Crippen LogP contribution in [0.25, 0.3) is 22.8 Å². The molecule has 3 heterocycles. The first-order valence-corrected chi connectivity index (χ1v) is 24.7. The number of pyridine rings is 3. The molecule has 0 saturated heterocycles. The molecule has 4 atom stereocenters. The molecule has 0 aliphatic heterocycles. The van der Waals surface area contributed by atoms with Gasteiger partial charge in [-0.1, -0.05) is 133 Å². The van der Waals surface area contributed by atoms with E-state index in [1.165, 1.54) is 19.6 Å². The first-order chi connectivity index (χ1) is 35.9. The molecule has 0 spiro atoms. The van der Waals surface area contributed by atoms with E-state index in [9.17, 15) is 14.4 Å². The SMILES string of the molecule is C[C@@H](c1ccccc1)N(CC(N)=O)C(=O)CN(C(=O)CN(C(=O)CN(C(=O)CNCCOc1cc(-c2ccccn2)nc(-c2ccccn2)c1)[C@@H](C)c1ccccc1)[C@@H](C)c1ccccc1)[C@@H](C)c1ccccc1. The Kier molecular flexibility index (Phi) is 18.9. The summed E-state index contributed by atoms with van der Waals surface area (Å²) in [5, 5.41) is 3.21. The Morgan fingerprint density at radius 2 is 0.797 bits per heavy atom. The minimum Gasteiger partial charge on any atom is -0.492 e. The van der Waals surface area contributed by atoms with Crippen LogP contribution in [0.1, 0.15) is 74.1 Å². The minimum absolute atomic E-state index is 0.122. The maximum atomic E-state index is 15.1. The molecular weight excluding hydrogens is 931 g/mol. The zero-order chi connectivity index (χ0) is 52.4. The molecule has 380 valence electrons. The average molecular weight is 994 g/mol. The summed E-state index contributed by atoms with van der Waals surface area (Å²) in [7, 11) is 0. The Bertz CT molecular complexity index is 2860. The summed E-state index contributed by atoms with van der Waals surface area (Å²) in [5.74, 6) is -1.99. The third-order valence-corrected chi connectivity index (χ3v) is 13.0. The molecule has 0 aliphatic carbocycles. The maximum Gasteiger partial charge on any atom is 0.243 e. The number of nitrogens with zero attached hydrogens (tertiary/aromatic N) is 7. The van der Waals surface area contributed by atoms with Crippen molar-refractivity contribution in [1.82, 2.24) is 39.9 Å². The quantitative estimate of drug-likeness (QED) is 0.0563. The number of aromatic nitrogens is 3. The highest BCUT2D eigenvalue weighted by atomic mass is 16.5. The summed E-state index contributed by atoms with van der Waals surface area (Å²) in [6, 6.07) is 49.8. The first kappa shape index (κ1) is 53.2. The third-order valence-electron chi connectivity index (χ3n) is 13.0. The Labute approximate surface area is 433 Å². The van der Waals surface area contributed by atoms with Crippen molar-refractivity contribution >= 4 is 29.5 Å². The highest BCUT2D eigenvalue weighted by Gasteiger charge is 2.34. The van der Waals surface area contributed by atoms with Gasteiger partial charge >= 0.3 is 0 Å². The van der Waals surface area contributed by atoms with Crippen LogP contribution in [-0.2, 0) is 24.0 Å². The summed E-state index contributed by atoms with van der Waals surface area (Å²) in [6.45, 7) is 6.11. The zero-order valence-corrected chi connectivity index (χ0v) is 42.2. The van der Waals surface area contributed by atoms with Gasteiger partial charge in [0.2, 0.25) is 29.5 Å². The first-order valence-electron chi connectivity index (χ1n) is 24.7. The highest BCUT2D eigenvalue weighted by Crippen LogP contribution is 2.29. The van der Waals surface area contributed by atoms with Gasteiger partial charge in [-0.15, -0.1) is 0 Å². The van der Waals surface area contributed by atoms with E-state index in [0.29, 0.717) is 28.5 Å². The molecule has 7 rings (SSSR count). The lowest BCUT2D eigenvalue weighted by molar-refractivity contribution is -0.150. The maximum absolute atomic E-state index is 15.1. The van der Waals surface area contributed by atoms with E-state index in [4.69, 9.17) is 15.5 Å². The summed E-state index contributed by atoms with van der Waals surface area (Å²) >= 11 is 0. The van der Waals surface area contributed by atoms with Gasteiger partial charge < -0.3 is 35.4 Å². The van der Waals surface area contributed by atoms with Gasteiger partial charge in [-0.2, -0.15) is 0 Å². The molecule has 0 unspecified atom stereocenters. The third kappa shape index (κ3) is 14.3. The van der Waals surface area contributed by atoms with Crippen molar-refractivity contribution in [2.24, 2.45) is 5.73 Å². The Balaban J connectivity index is 1.11. The van der Waals surface area contributed by atoms with E-state index in [-0.39, 0.29) is 38.7 Å². The number of rotatable bonds is 24. The van der Waals surface area contributed by atoms with E-state index in [2.05, 4.69) is 15.3 Å². The van der Waals surface area contributed by atoms with Crippen molar-refractivity contribution in [3.8, 4) is 28.5 Å². The highest BCUT2D eigenvalue weighted by molar-refractivity contribution is 5.92. The van der Waals surface area contributed by atoms with Crippen molar-refractivity contribution in [2.75, 3.05) is 45.9 Å². The van der Waals surface area contributed by atoms with E-state index in [1.807, 2.05) is 191 Å². The van der Waals surface area contributed by atoms with Gasteiger partial charge in [0.05, 0.1) is 60.0 Å². The fourth-order valence-electron chi connectivity index (χ4n) is 8.71. The molecule has 0 saturated carbocycles. The van der Waals surface area contributed by atoms with Gasteiger partial charge in [0.15, 0.2) is 0 Å². The van der Waals surface area contributed by atoms with Gasteiger partial charge in [-0.25, -0.2) is 4.98 Å². The molecular formula is C59H63N9O6. The van der Waals surface area contributed by atoms with Gasteiger partial charge in [0, 0.05) is 31.1 Å². The average Bonchev–Trinajstić information content (AvgIpc) is 3.44. The molecule has 3 aromatic heterocycles. The number of ether oxygens (including phenoxy) is 1. The molecule has 4 aromatic carbocycles. The van der Waals surface area contributed by atoms with Crippen LogP contribution < -0.4 is 15.8 Å². The summed E-state index contributed by atoms with van der Waals surface area (Å²) in [5.41, 5.74) is 11.4. The lowest BCUT2D eigenvalue weighted by atomic mass is 10.0. The smallest absolute Gasteiger partial charge is 0.243 e. The zero-order valence-electron chi connectivity index (χ0n) is 42.2. The van der Waals surface area contributed by atoms with Crippen LogP contribution in [0.2, 0.25) is 0 Å². The van der Waals surface area contributed by atoms with Crippen molar-refractivity contribution in [3.05, 3.63) is 205 Å². The lowest BCUT2D eigenvalue weighted by Crippen LogP contribution is -2.52. The molecule has 15 nitrogen and oxygen atoms in total. The van der Waals surface area contributed by atoms with Crippen molar-refractivity contribution in [2.45, 2.75) is 51.9 Å². The van der Waals surface area contributed by atoms with E-state index >= 15 is 9.59 Å². The number of nitrogens with two attached hydrogens (primary N) is 1. The van der Waals surface area contributed by atoms with Gasteiger partial charge in [-0.05, 0) is 74.2 Å². The topological polar surface area (TPSA) is 184 Å². The number of amides is 5. The van der Waals surface area contributed by atoms with Crippen molar-refractivity contribution < 1.29 is 28.7 Å². The number of hydrogen-bond donors (Lipinski definition) is 2. The summed E-state index contributed by atoms with van der Waals surface area (Å²) in [6.07, 6.45) is 3.40. The molecule has 0 radical (unpaired) electrons. The van der Waals surface area contributed by atoms with E-state index < -0.39 is 60.9 Å². The normalized spacial score (nSPS) is 12.6. The van der Waals surface area contributed by atoms with Gasteiger partial charge in [0.25, 0.3) is 0 Å². The number of hydrogen-bond acceptors (Lipinski definition) is 10. The minimum atomic E-state index is -0.702. The second-order valence-corrected chi connectivity index (χ2v) is 17.9. The molecule has 7 aromatic rings. The monoisotopic (exact) mass is 993 g/mol. The predicted octanol–water partition coefficient (Wildman–Crippen LogP) is 8.02. The molecule has 15 heteroatoms. The summed E-state index contributed by atoms with van der Waals surface area (Å²) < 4.78 is 6.22. The predicted molar refractivity (Wildman–Crippen MR) is 285 cm³/mol. The Morgan fingerprint density at radius 3 is 1.14 bits per heavy atom. The van der Waals surface area contributed by atoms with Crippen LogP contribution >= 0.6 is 0 Å². The number of benzene rings is 4. The van der Waals surface area contributed by atoms with Gasteiger partial charge in [-0.3, -0.25) is 33.9 Å². The van der Waals surface area contributed by atoms with E-state index in [1.54, 1.807) is 19.3 Å². The van der Waals surface area contributed by atoms with Crippen LogP contribution in [0.3, 0.4) is 0 Å². The largest absolute Gasteiger partial charge is 0.492 e. The molecule has 0 aliphatic rings. The Hall–Kier alpha value is -8.56. The number of carbonyl (C=O) groups excluding carboxylic acids is 5. The second kappa shape index (κ2) is 26.2. The van der Waals surface area contributed by atoms with Crippen molar-refractivity contribution in [1.29, 1.82) is 0 Å². The number of carbonyl (C=O) groups is 5. The Morgan fingerprint density at radius 1 is 0.459 bits per heavy atom. The van der Waals surface area contributed by atoms with Crippen LogP contribution in [0.5, 0.6) is 5.75 Å². The molecule has 5 amide bonds. The van der Waals surface area contributed by atoms with Gasteiger partial charge in [0.1, 0.15) is 32.0 Å². The van der Waals surface area contributed by atoms with Crippen LogP contribution in [-0.4, -0.2) is 110 Å². The second-order valence-electron chi connectivity index (χ2n) is 17.9. The molecule has 0 bridgehead atoms. The molecule has 3 N–H and O–H groups in total. The summed E-state index contributed by atoms with van der Waals surface area (Å²) in [4.78, 5) is 91.0. The number of primary amides is 1.